The van der Waals surface area contributed by atoms with Crippen LogP contribution in [-0.4, -0.2) is 88.7 Å². The Kier molecular flexibility index (Phi) is 9.97. The molecule has 3 aromatic carbocycles. The molecule has 2 fully saturated rings. The van der Waals surface area contributed by atoms with Crippen LogP contribution in [0.4, 0.5) is 14.9 Å². The Morgan fingerprint density at radius 2 is 1.84 bits per heavy atom. The number of anilines is 1. The predicted molar refractivity (Wildman–Crippen MR) is 190 cm³/mol. The highest BCUT2D eigenvalue weighted by atomic mass is 35.5. The molecule has 2 saturated heterocycles. The first-order valence-electron chi connectivity index (χ1n) is 15.8. The zero-order valence-corrected chi connectivity index (χ0v) is 29.3. The number of ether oxygens (including phenoxy) is 2. The van der Waals surface area contributed by atoms with Gasteiger partial charge < -0.3 is 29.9 Å². The number of amides is 2. The monoisotopic (exact) mass is 752 g/mol. The molecule has 3 N–H and O–H groups in total. The average molecular weight is 754 g/mol. The van der Waals surface area contributed by atoms with Gasteiger partial charge in [-0.15, -0.1) is 11.3 Å². The van der Waals surface area contributed by atoms with Gasteiger partial charge in [-0.05, 0) is 54.6 Å². The Morgan fingerprint density at radius 3 is 2.53 bits per heavy atom. The van der Waals surface area contributed by atoms with E-state index in [0.717, 1.165) is 0 Å². The van der Waals surface area contributed by atoms with Crippen molar-refractivity contribution in [2.75, 3.05) is 44.7 Å². The summed E-state index contributed by atoms with van der Waals surface area (Å²) in [5, 5.41) is 24.9. The number of aliphatic hydroxyl groups is 2. The van der Waals surface area contributed by atoms with Gasteiger partial charge in [-0.2, -0.15) is 0 Å². The van der Waals surface area contributed by atoms with Crippen LogP contribution >= 0.6 is 34.5 Å². The minimum Gasteiger partial charge on any atom is -0.466 e. The Balaban J connectivity index is 1.08. The van der Waals surface area contributed by atoms with Crippen molar-refractivity contribution >= 4 is 58.1 Å². The zero-order valence-electron chi connectivity index (χ0n) is 27.0. The minimum absolute atomic E-state index is 0.104. The summed E-state index contributed by atoms with van der Waals surface area (Å²) in [6.45, 7) is 2.32. The van der Waals surface area contributed by atoms with Crippen LogP contribution < -0.4 is 15.0 Å². The second kappa shape index (κ2) is 14.6. The summed E-state index contributed by atoms with van der Waals surface area (Å²) in [7, 11) is 1.30. The molecule has 0 spiro atoms. The Labute approximate surface area is 306 Å². The number of carbonyl (C=O) groups is 2. The van der Waals surface area contributed by atoms with Gasteiger partial charge in [-0.25, -0.2) is 19.0 Å². The van der Waals surface area contributed by atoms with E-state index in [1.54, 1.807) is 41.4 Å². The van der Waals surface area contributed by atoms with E-state index in [2.05, 4.69) is 15.2 Å². The molecular weight excluding hydrogens is 722 g/mol. The molecule has 264 valence electrons. The number of nitrogens with zero attached hydrogens (tertiary/aromatic N) is 5. The Morgan fingerprint density at radius 1 is 1.06 bits per heavy atom. The normalized spacial score (nSPS) is 19.3. The molecule has 3 aliphatic heterocycles. The van der Waals surface area contributed by atoms with Crippen molar-refractivity contribution in [3.8, 4) is 11.5 Å². The lowest BCUT2D eigenvalue weighted by Gasteiger charge is -2.38. The molecule has 0 bridgehead atoms. The zero-order chi connectivity index (χ0) is 35.8. The quantitative estimate of drug-likeness (QED) is 0.149. The molecule has 3 aliphatic rings. The second-order valence-corrected chi connectivity index (χ2v) is 13.7. The highest BCUT2D eigenvalue weighted by Crippen LogP contribution is 2.38. The van der Waals surface area contributed by atoms with Crippen LogP contribution in [0.1, 0.15) is 28.5 Å². The van der Waals surface area contributed by atoms with E-state index in [1.807, 2.05) is 10.3 Å². The molecule has 0 radical (unpaired) electrons. The van der Waals surface area contributed by atoms with Gasteiger partial charge in [0, 0.05) is 71.8 Å². The number of urea groups is 1. The molecular formula is C35H31Cl2FN6O6S. The molecule has 0 saturated carbocycles. The number of hydrogen-bond donors (Lipinski definition) is 3. The van der Waals surface area contributed by atoms with E-state index in [0.29, 0.717) is 72.0 Å². The lowest BCUT2D eigenvalue weighted by molar-refractivity contribution is -0.136. The fourth-order valence-corrected chi connectivity index (χ4v) is 7.56. The molecule has 4 aromatic rings. The van der Waals surface area contributed by atoms with Crippen molar-refractivity contribution in [3.63, 3.8) is 0 Å². The standard InChI is InChI=1S/C35H31Cl2FN6O6S/c1-49-34(47)29-28(40-31(32-39-10-13-51-32)41-30(29)24-8-2-19(38)14-26(24)36)18-42-11-12-43-21(16-42)17-44(35(43)48)20-3-5-22(6-4-20)50-23-7-9-25(33(45)46)27(37)15-23/h2-10,13-15,21,30,33,45-46H,11-12,16-18H2,1H3,(H,40,41)/t21-,30-/m0/s1. The number of aliphatic imine (C=N–C) groups is 1. The number of methoxy groups -OCH3 is 1. The summed E-state index contributed by atoms with van der Waals surface area (Å²) in [6.07, 6.45) is -0.0312. The van der Waals surface area contributed by atoms with Crippen LogP contribution in [0.25, 0.3) is 0 Å². The molecule has 0 unspecified atom stereocenters. The molecule has 2 atom stereocenters. The number of carbonyl (C=O) groups excluding carboxylic acids is 2. The maximum absolute atomic E-state index is 14.0. The second-order valence-electron chi connectivity index (χ2n) is 12.0. The number of hydrogen-bond acceptors (Lipinski definition) is 11. The van der Waals surface area contributed by atoms with Crippen LogP contribution in [0.15, 0.2) is 88.5 Å². The van der Waals surface area contributed by atoms with E-state index in [4.69, 9.17) is 37.7 Å². The van der Waals surface area contributed by atoms with E-state index < -0.39 is 24.1 Å². The molecule has 1 aromatic heterocycles. The SMILES string of the molecule is COC(=O)C1=C(CN2CCN3C(=O)N(c4ccc(Oc5ccc(C(O)O)c(Cl)c5)cc4)C[C@@H]3C2)NC(c2nccs2)=N[C@H]1c1ccc(F)cc1Cl. The molecule has 7 rings (SSSR count). The number of aliphatic hydroxyl groups excluding tert-OH is 1. The van der Waals surface area contributed by atoms with Crippen LogP contribution in [0.5, 0.6) is 11.5 Å². The molecule has 51 heavy (non-hydrogen) atoms. The summed E-state index contributed by atoms with van der Waals surface area (Å²) in [4.78, 5) is 41.9. The highest BCUT2D eigenvalue weighted by Gasteiger charge is 2.42. The third-order valence-electron chi connectivity index (χ3n) is 8.88. The highest BCUT2D eigenvalue weighted by molar-refractivity contribution is 7.11. The van der Waals surface area contributed by atoms with Gasteiger partial charge >= 0.3 is 12.0 Å². The third kappa shape index (κ3) is 7.16. The third-order valence-corrected chi connectivity index (χ3v) is 10.3. The first-order valence-corrected chi connectivity index (χ1v) is 17.5. The Hall–Kier alpha value is -4.57. The number of amidine groups is 1. The van der Waals surface area contributed by atoms with Crippen LogP contribution in [-0.2, 0) is 9.53 Å². The van der Waals surface area contributed by atoms with E-state index in [1.165, 1.54) is 48.8 Å². The molecule has 0 aliphatic carbocycles. The summed E-state index contributed by atoms with van der Waals surface area (Å²) in [5.74, 6) is 0.281. The van der Waals surface area contributed by atoms with Crippen molar-refractivity contribution in [3.05, 3.63) is 116 Å². The van der Waals surface area contributed by atoms with Gasteiger partial charge in [0.1, 0.15) is 23.4 Å². The lowest BCUT2D eigenvalue weighted by Crippen LogP contribution is -2.53. The van der Waals surface area contributed by atoms with Gasteiger partial charge in [-0.1, -0.05) is 29.3 Å². The van der Waals surface area contributed by atoms with E-state index in [9.17, 15) is 24.2 Å². The van der Waals surface area contributed by atoms with Gasteiger partial charge in [0.05, 0.1) is 23.7 Å². The van der Waals surface area contributed by atoms with Gasteiger partial charge in [0.15, 0.2) is 17.1 Å². The number of halogens is 3. The number of rotatable bonds is 9. The van der Waals surface area contributed by atoms with E-state index in [-0.39, 0.29) is 33.3 Å². The number of thiazole rings is 1. The van der Waals surface area contributed by atoms with Crippen molar-refractivity contribution in [2.24, 2.45) is 4.99 Å². The number of aromatic nitrogens is 1. The average Bonchev–Trinajstić information content (AvgIpc) is 3.76. The summed E-state index contributed by atoms with van der Waals surface area (Å²) < 4.78 is 25.1. The first kappa shape index (κ1) is 34.9. The van der Waals surface area contributed by atoms with Crippen LogP contribution in [0, 0.1) is 5.82 Å². The first-order chi connectivity index (χ1) is 24.6. The number of esters is 1. The van der Waals surface area contributed by atoms with Crippen molar-refractivity contribution in [1.29, 1.82) is 0 Å². The topological polar surface area (TPSA) is 140 Å². The van der Waals surface area contributed by atoms with Gasteiger partial charge in [-0.3, -0.25) is 14.8 Å². The molecule has 12 nitrogen and oxygen atoms in total. The largest absolute Gasteiger partial charge is 0.466 e. The summed E-state index contributed by atoms with van der Waals surface area (Å²) >= 11 is 14.0. The van der Waals surface area contributed by atoms with Crippen molar-refractivity contribution in [1.82, 2.24) is 20.1 Å². The number of nitrogens with one attached hydrogen (secondary N) is 1. The van der Waals surface area contributed by atoms with Gasteiger partial charge in [0.25, 0.3) is 0 Å². The minimum atomic E-state index is -1.69. The fraction of sp³-hybridized carbons (Fsp3) is 0.257. The number of fused-ring (bicyclic) bond motifs is 1. The molecule has 2 amide bonds. The number of benzene rings is 3. The number of piperazine rings is 1. The van der Waals surface area contributed by atoms with Crippen LogP contribution in [0.3, 0.4) is 0 Å². The maximum atomic E-state index is 14.0. The van der Waals surface area contributed by atoms with Crippen LogP contribution in [0.2, 0.25) is 10.0 Å². The van der Waals surface area contributed by atoms with Crippen molar-refractivity contribution < 1.29 is 33.7 Å². The molecule has 16 heteroatoms. The fourth-order valence-electron chi connectivity index (χ4n) is 6.43. The molecule has 4 heterocycles. The predicted octanol–water partition coefficient (Wildman–Crippen LogP) is 5.51. The maximum Gasteiger partial charge on any atom is 0.338 e. The van der Waals surface area contributed by atoms with E-state index >= 15 is 0 Å². The van der Waals surface area contributed by atoms with Gasteiger partial charge in [0.2, 0.25) is 0 Å². The summed E-state index contributed by atoms with van der Waals surface area (Å²) in [6, 6.07) is 14.5. The Bertz CT molecular complexity index is 2030. The van der Waals surface area contributed by atoms with Crippen molar-refractivity contribution in [2.45, 2.75) is 18.4 Å². The smallest absolute Gasteiger partial charge is 0.338 e. The summed E-state index contributed by atoms with van der Waals surface area (Å²) in [5.41, 5.74) is 2.14. The lowest BCUT2D eigenvalue weighted by atomic mass is 9.95.